The molecule has 1 aliphatic carbocycles. The third kappa shape index (κ3) is 2.41. The second-order valence-corrected chi connectivity index (χ2v) is 4.64. The summed E-state index contributed by atoms with van der Waals surface area (Å²) in [6, 6.07) is 3.06. The van der Waals surface area contributed by atoms with Gasteiger partial charge in [-0.1, -0.05) is 0 Å². The minimum atomic E-state index is -0.483. The van der Waals surface area contributed by atoms with Crippen molar-refractivity contribution in [1.82, 2.24) is 0 Å². The van der Waals surface area contributed by atoms with E-state index in [1.807, 2.05) is 0 Å². The van der Waals surface area contributed by atoms with Crippen molar-refractivity contribution >= 4 is 5.69 Å². The van der Waals surface area contributed by atoms with E-state index < -0.39 is 11.6 Å². The van der Waals surface area contributed by atoms with E-state index in [2.05, 4.69) is 0 Å². The van der Waals surface area contributed by atoms with Gasteiger partial charge in [-0.2, -0.15) is 0 Å². The van der Waals surface area contributed by atoms with Gasteiger partial charge in [0, 0.05) is 13.1 Å². The van der Waals surface area contributed by atoms with Gasteiger partial charge in [0.2, 0.25) is 0 Å². The normalized spacial score (nSPS) is 15.8. The number of anilines is 1. The van der Waals surface area contributed by atoms with Crippen molar-refractivity contribution in [3.05, 3.63) is 29.3 Å². The second-order valence-electron chi connectivity index (χ2n) is 4.64. The molecule has 0 heterocycles. The van der Waals surface area contributed by atoms with Crippen LogP contribution in [0.15, 0.2) is 12.1 Å². The number of rotatable bonds is 4. The second kappa shape index (κ2) is 5.00. The number of hydrogen-bond donors (Lipinski definition) is 1. The Kier molecular flexibility index (Phi) is 3.62. The van der Waals surface area contributed by atoms with Crippen LogP contribution in [-0.2, 0) is 6.42 Å². The molecule has 1 saturated carbocycles. The maximum atomic E-state index is 13.9. The van der Waals surface area contributed by atoms with Gasteiger partial charge in [-0.05, 0) is 49.9 Å². The summed E-state index contributed by atoms with van der Waals surface area (Å²) in [6.45, 7) is 0.399. The molecule has 0 spiro atoms. The van der Waals surface area contributed by atoms with Crippen molar-refractivity contribution in [2.45, 2.75) is 31.7 Å². The summed E-state index contributed by atoms with van der Waals surface area (Å²) in [5.74, 6) is -0.967. The van der Waals surface area contributed by atoms with E-state index in [0.717, 1.165) is 19.3 Å². The molecule has 4 heteroatoms. The molecule has 0 saturated heterocycles. The standard InChI is InChI=1S/C13H18F2N2/c1-17(10-3-2-4-10)13-11(14)7-9(5-6-16)8-12(13)15/h7-8,10H,2-6,16H2,1H3. The highest BCUT2D eigenvalue weighted by molar-refractivity contribution is 5.51. The van der Waals surface area contributed by atoms with E-state index in [1.54, 1.807) is 11.9 Å². The summed E-state index contributed by atoms with van der Waals surface area (Å²) in [5, 5.41) is 0. The molecular formula is C13H18F2N2. The lowest BCUT2D eigenvalue weighted by Crippen LogP contribution is -2.38. The summed E-state index contributed by atoms with van der Waals surface area (Å²) in [4.78, 5) is 1.72. The van der Waals surface area contributed by atoms with Gasteiger partial charge in [0.05, 0.1) is 0 Å². The maximum absolute atomic E-state index is 13.9. The monoisotopic (exact) mass is 240 g/mol. The fraction of sp³-hybridized carbons (Fsp3) is 0.538. The third-order valence-electron chi connectivity index (χ3n) is 3.48. The van der Waals surface area contributed by atoms with E-state index >= 15 is 0 Å². The van der Waals surface area contributed by atoms with Gasteiger partial charge >= 0.3 is 0 Å². The van der Waals surface area contributed by atoms with Gasteiger partial charge in [-0.15, -0.1) is 0 Å². The molecule has 2 N–H and O–H groups in total. The highest BCUT2D eigenvalue weighted by Gasteiger charge is 2.26. The van der Waals surface area contributed by atoms with E-state index in [9.17, 15) is 8.78 Å². The molecule has 0 atom stereocenters. The Labute approximate surface area is 100 Å². The summed E-state index contributed by atoms with van der Waals surface area (Å²) >= 11 is 0. The largest absolute Gasteiger partial charge is 0.367 e. The minimum absolute atomic E-state index is 0.0930. The first-order chi connectivity index (χ1) is 8.13. The SMILES string of the molecule is CN(c1c(F)cc(CCN)cc1F)C1CCC1. The predicted molar refractivity (Wildman–Crippen MR) is 65.2 cm³/mol. The van der Waals surface area contributed by atoms with Crippen molar-refractivity contribution in [3.63, 3.8) is 0 Å². The number of nitrogens with two attached hydrogens (primary N) is 1. The molecule has 0 amide bonds. The van der Waals surface area contributed by atoms with Gasteiger partial charge in [-0.25, -0.2) is 8.78 Å². The van der Waals surface area contributed by atoms with Crippen LogP contribution in [0.3, 0.4) is 0 Å². The maximum Gasteiger partial charge on any atom is 0.149 e. The van der Waals surface area contributed by atoms with Crippen LogP contribution in [0.4, 0.5) is 14.5 Å². The number of benzene rings is 1. The molecule has 0 bridgehead atoms. The van der Waals surface area contributed by atoms with Crippen molar-refractivity contribution in [2.75, 3.05) is 18.5 Å². The zero-order valence-corrected chi connectivity index (χ0v) is 10.0. The lowest BCUT2D eigenvalue weighted by atomic mass is 9.91. The van der Waals surface area contributed by atoms with Crippen molar-refractivity contribution in [3.8, 4) is 0 Å². The molecule has 2 nitrogen and oxygen atoms in total. The Bertz CT molecular complexity index is 379. The van der Waals surface area contributed by atoms with Crippen LogP contribution < -0.4 is 10.6 Å². The van der Waals surface area contributed by atoms with Crippen molar-refractivity contribution in [2.24, 2.45) is 5.73 Å². The first-order valence-corrected chi connectivity index (χ1v) is 6.04. The van der Waals surface area contributed by atoms with E-state index in [4.69, 9.17) is 5.73 Å². The van der Waals surface area contributed by atoms with E-state index in [0.29, 0.717) is 18.5 Å². The molecule has 1 aliphatic rings. The molecule has 17 heavy (non-hydrogen) atoms. The molecular weight excluding hydrogens is 222 g/mol. The summed E-state index contributed by atoms with van der Waals surface area (Å²) in [7, 11) is 1.76. The van der Waals surface area contributed by atoms with E-state index in [-0.39, 0.29) is 11.7 Å². The van der Waals surface area contributed by atoms with Crippen LogP contribution in [-0.4, -0.2) is 19.6 Å². The smallest absolute Gasteiger partial charge is 0.149 e. The quantitative estimate of drug-likeness (QED) is 0.876. The molecule has 0 aliphatic heterocycles. The highest BCUT2D eigenvalue weighted by Crippen LogP contribution is 2.32. The Morgan fingerprint density at radius 3 is 2.29 bits per heavy atom. The Morgan fingerprint density at radius 2 is 1.88 bits per heavy atom. The van der Waals surface area contributed by atoms with Crippen LogP contribution in [0, 0.1) is 11.6 Å². The predicted octanol–water partition coefficient (Wildman–Crippen LogP) is 2.45. The Morgan fingerprint density at radius 1 is 1.29 bits per heavy atom. The van der Waals surface area contributed by atoms with Crippen LogP contribution >= 0.6 is 0 Å². The molecule has 2 rings (SSSR count). The van der Waals surface area contributed by atoms with Crippen LogP contribution in [0.5, 0.6) is 0 Å². The average molecular weight is 240 g/mol. The molecule has 0 unspecified atom stereocenters. The van der Waals surface area contributed by atoms with Crippen molar-refractivity contribution < 1.29 is 8.78 Å². The number of nitrogens with zero attached hydrogens (tertiary/aromatic N) is 1. The topological polar surface area (TPSA) is 29.3 Å². The van der Waals surface area contributed by atoms with Gasteiger partial charge in [-0.3, -0.25) is 0 Å². The summed E-state index contributed by atoms with van der Waals surface area (Å²) < 4.78 is 27.8. The lowest BCUT2D eigenvalue weighted by molar-refractivity contribution is 0.393. The van der Waals surface area contributed by atoms with Crippen molar-refractivity contribution in [1.29, 1.82) is 0 Å². The molecule has 1 fully saturated rings. The van der Waals surface area contributed by atoms with Crippen LogP contribution in [0.1, 0.15) is 24.8 Å². The minimum Gasteiger partial charge on any atom is -0.367 e. The first kappa shape index (κ1) is 12.3. The molecule has 94 valence electrons. The molecule has 0 radical (unpaired) electrons. The highest BCUT2D eigenvalue weighted by atomic mass is 19.1. The fourth-order valence-corrected chi connectivity index (χ4v) is 2.22. The number of halogens is 2. The number of hydrogen-bond acceptors (Lipinski definition) is 2. The lowest BCUT2D eigenvalue weighted by Gasteiger charge is -2.36. The van der Waals surface area contributed by atoms with Crippen LogP contribution in [0.25, 0.3) is 0 Å². The Hall–Kier alpha value is -1.16. The first-order valence-electron chi connectivity index (χ1n) is 6.04. The summed E-state index contributed by atoms with van der Waals surface area (Å²) in [5.41, 5.74) is 6.09. The molecule has 0 aromatic heterocycles. The van der Waals surface area contributed by atoms with Gasteiger partial charge in [0.1, 0.15) is 17.3 Å². The van der Waals surface area contributed by atoms with Gasteiger partial charge in [0.15, 0.2) is 0 Å². The Balaban J connectivity index is 2.27. The zero-order valence-electron chi connectivity index (χ0n) is 10.0. The molecule has 1 aromatic carbocycles. The summed E-state index contributed by atoms with van der Waals surface area (Å²) in [6.07, 6.45) is 3.67. The van der Waals surface area contributed by atoms with Gasteiger partial charge in [0.25, 0.3) is 0 Å². The molecule has 1 aromatic rings. The van der Waals surface area contributed by atoms with Crippen LogP contribution in [0.2, 0.25) is 0 Å². The zero-order chi connectivity index (χ0) is 12.4. The fourth-order valence-electron chi connectivity index (χ4n) is 2.22. The average Bonchev–Trinajstić information content (AvgIpc) is 2.13. The van der Waals surface area contributed by atoms with Gasteiger partial charge < -0.3 is 10.6 Å². The van der Waals surface area contributed by atoms with E-state index in [1.165, 1.54) is 12.1 Å². The third-order valence-corrected chi connectivity index (χ3v) is 3.48.